The minimum atomic E-state index is -3.39. The molecule has 1 aromatic heterocycles. The molecule has 1 aromatic rings. The molecule has 20 heavy (non-hydrogen) atoms. The van der Waals surface area contributed by atoms with Gasteiger partial charge >= 0.3 is 0 Å². The van der Waals surface area contributed by atoms with E-state index in [-0.39, 0.29) is 6.04 Å². The summed E-state index contributed by atoms with van der Waals surface area (Å²) in [7, 11) is -3.39. The first-order chi connectivity index (χ1) is 9.56. The highest BCUT2D eigenvalue weighted by Gasteiger charge is 2.29. The first kappa shape index (κ1) is 16.3. The van der Waals surface area contributed by atoms with E-state index >= 15 is 0 Å². The Kier molecular flexibility index (Phi) is 5.92. The van der Waals surface area contributed by atoms with Gasteiger partial charge in [-0.05, 0) is 44.2 Å². The van der Waals surface area contributed by atoms with Crippen LogP contribution in [0.5, 0.6) is 0 Å². The van der Waals surface area contributed by atoms with E-state index in [0.717, 1.165) is 30.6 Å². The topological polar surface area (TPSA) is 72.2 Å². The van der Waals surface area contributed by atoms with Crippen molar-refractivity contribution < 1.29 is 8.42 Å². The molecule has 0 bridgehead atoms. The van der Waals surface area contributed by atoms with Crippen molar-refractivity contribution in [2.45, 2.75) is 47.6 Å². The van der Waals surface area contributed by atoms with Gasteiger partial charge < -0.3 is 5.73 Å². The number of sulfonamides is 1. The van der Waals surface area contributed by atoms with Gasteiger partial charge in [-0.2, -0.15) is 11.8 Å². The van der Waals surface area contributed by atoms with Gasteiger partial charge in [0.15, 0.2) is 0 Å². The molecule has 1 saturated carbocycles. The Morgan fingerprint density at radius 3 is 2.85 bits per heavy atom. The maximum Gasteiger partial charge on any atom is 0.250 e. The number of nitrogens with one attached hydrogen (secondary N) is 1. The van der Waals surface area contributed by atoms with Crippen LogP contribution in [0.4, 0.5) is 0 Å². The zero-order valence-corrected chi connectivity index (χ0v) is 14.1. The molecule has 1 aliphatic rings. The molecule has 1 fully saturated rings. The summed E-state index contributed by atoms with van der Waals surface area (Å²) in [4.78, 5) is 1.03. The van der Waals surface area contributed by atoms with Crippen LogP contribution in [0.15, 0.2) is 16.3 Å². The van der Waals surface area contributed by atoms with Crippen LogP contribution in [0.1, 0.15) is 30.6 Å². The van der Waals surface area contributed by atoms with Gasteiger partial charge in [-0.15, -0.1) is 11.3 Å². The van der Waals surface area contributed by atoms with Gasteiger partial charge in [0.1, 0.15) is 4.21 Å². The van der Waals surface area contributed by atoms with Crippen molar-refractivity contribution in [2.24, 2.45) is 5.73 Å². The molecule has 4 nitrogen and oxygen atoms in total. The largest absolute Gasteiger partial charge is 0.330 e. The summed E-state index contributed by atoms with van der Waals surface area (Å²) in [5.74, 6) is 0. The van der Waals surface area contributed by atoms with Crippen molar-refractivity contribution in [2.75, 3.05) is 12.8 Å². The second-order valence-corrected chi connectivity index (χ2v) is 9.23. The van der Waals surface area contributed by atoms with Crippen LogP contribution in [0.2, 0.25) is 0 Å². The van der Waals surface area contributed by atoms with E-state index < -0.39 is 10.0 Å². The second kappa shape index (κ2) is 7.26. The van der Waals surface area contributed by atoms with Crippen molar-refractivity contribution in [3.8, 4) is 0 Å². The second-order valence-electron chi connectivity index (χ2n) is 5.05. The lowest BCUT2D eigenvalue weighted by molar-refractivity contribution is 0.423. The monoisotopic (exact) mass is 334 g/mol. The molecule has 114 valence electrons. The highest BCUT2D eigenvalue weighted by molar-refractivity contribution is 7.99. The molecule has 7 heteroatoms. The van der Waals surface area contributed by atoms with Gasteiger partial charge in [0, 0.05) is 16.2 Å². The lowest BCUT2D eigenvalue weighted by Crippen LogP contribution is -2.43. The van der Waals surface area contributed by atoms with E-state index in [0.29, 0.717) is 16.0 Å². The molecule has 3 N–H and O–H groups in total. The molecular weight excluding hydrogens is 312 g/mol. The Hall–Kier alpha value is -0.0800. The first-order valence-electron chi connectivity index (χ1n) is 6.90. The maximum absolute atomic E-state index is 12.4. The number of hydrogen-bond donors (Lipinski definition) is 2. The number of hydrogen-bond acceptors (Lipinski definition) is 5. The molecule has 0 radical (unpaired) electrons. The Labute approximate surface area is 129 Å². The lowest BCUT2D eigenvalue weighted by atomic mass is 9.96. The molecule has 1 heterocycles. The average molecular weight is 335 g/mol. The lowest BCUT2D eigenvalue weighted by Gasteiger charge is -2.30. The van der Waals surface area contributed by atoms with Crippen LogP contribution in [-0.4, -0.2) is 32.5 Å². The van der Waals surface area contributed by atoms with E-state index in [1.165, 1.54) is 17.8 Å². The summed E-state index contributed by atoms with van der Waals surface area (Å²) in [5, 5.41) is 0.391. The number of thioether (sulfide) groups is 1. The van der Waals surface area contributed by atoms with Gasteiger partial charge in [-0.1, -0.05) is 12.8 Å². The zero-order chi connectivity index (χ0) is 14.6. The Balaban J connectivity index is 2.09. The molecule has 1 aliphatic carbocycles. The van der Waals surface area contributed by atoms with Crippen molar-refractivity contribution in [3.63, 3.8) is 0 Å². The standard InChI is InChI=1S/C13H22N2O2S3/c1-18-12-5-3-2-4-11(12)15-20(16,17)13-7-6-10(19-13)8-9-14/h6-7,11-12,15H,2-5,8-9,14H2,1H3. The van der Waals surface area contributed by atoms with E-state index in [9.17, 15) is 8.42 Å². The third-order valence-corrected chi connectivity index (χ3v) is 7.90. The number of nitrogens with two attached hydrogens (primary N) is 1. The summed E-state index contributed by atoms with van der Waals surface area (Å²) in [6.45, 7) is 0.546. The molecule has 2 atom stereocenters. The fourth-order valence-electron chi connectivity index (χ4n) is 2.55. The number of thiophene rings is 1. The van der Waals surface area contributed by atoms with Crippen LogP contribution in [-0.2, 0) is 16.4 Å². The quantitative estimate of drug-likeness (QED) is 0.836. The van der Waals surface area contributed by atoms with Crippen LogP contribution in [0.25, 0.3) is 0 Å². The Morgan fingerprint density at radius 1 is 1.40 bits per heavy atom. The minimum absolute atomic E-state index is 0.0591. The van der Waals surface area contributed by atoms with Gasteiger partial charge in [0.25, 0.3) is 0 Å². The van der Waals surface area contributed by atoms with E-state index in [1.807, 2.05) is 6.07 Å². The summed E-state index contributed by atoms with van der Waals surface area (Å²) in [6.07, 6.45) is 7.12. The average Bonchev–Trinajstić information content (AvgIpc) is 2.89. The summed E-state index contributed by atoms with van der Waals surface area (Å²) in [5.41, 5.74) is 5.50. The molecule has 0 spiro atoms. The highest BCUT2D eigenvalue weighted by Crippen LogP contribution is 2.29. The Bertz CT molecular complexity index is 527. The van der Waals surface area contributed by atoms with E-state index in [4.69, 9.17) is 5.73 Å². The van der Waals surface area contributed by atoms with Crippen molar-refractivity contribution in [3.05, 3.63) is 17.0 Å². The van der Waals surface area contributed by atoms with Crippen molar-refractivity contribution >= 4 is 33.1 Å². The predicted molar refractivity (Wildman–Crippen MR) is 87.0 cm³/mol. The smallest absolute Gasteiger partial charge is 0.250 e. The fourth-order valence-corrected chi connectivity index (χ4v) is 6.27. The predicted octanol–water partition coefficient (Wildman–Crippen LogP) is 2.20. The SMILES string of the molecule is CSC1CCCCC1NS(=O)(=O)c1ccc(CCN)s1. The van der Waals surface area contributed by atoms with E-state index in [1.54, 1.807) is 17.8 Å². The normalized spacial score (nSPS) is 23.9. The van der Waals surface area contributed by atoms with Crippen molar-refractivity contribution in [1.29, 1.82) is 0 Å². The zero-order valence-electron chi connectivity index (χ0n) is 11.7. The first-order valence-corrected chi connectivity index (χ1v) is 10.5. The molecule has 0 aromatic carbocycles. The van der Waals surface area contributed by atoms with Crippen LogP contribution in [0.3, 0.4) is 0 Å². The molecule has 2 unspecified atom stereocenters. The van der Waals surface area contributed by atoms with Gasteiger partial charge in [-0.25, -0.2) is 13.1 Å². The highest BCUT2D eigenvalue weighted by atomic mass is 32.2. The van der Waals surface area contributed by atoms with Crippen LogP contribution >= 0.6 is 23.1 Å². The molecule has 0 amide bonds. The van der Waals surface area contributed by atoms with Gasteiger partial charge in [0.2, 0.25) is 10.0 Å². The van der Waals surface area contributed by atoms with Crippen LogP contribution < -0.4 is 10.5 Å². The molecular formula is C13H22N2O2S3. The fraction of sp³-hybridized carbons (Fsp3) is 0.692. The number of rotatable bonds is 6. The van der Waals surface area contributed by atoms with Gasteiger partial charge in [0.05, 0.1) is 0 Å². The molecule has 0 aliphatic heterocycles. The minimum Gasteiger partial charge on any atom is -0.330 e. The summed E-state index contributed by atoms with van der Waals surface area (Å²) in [6, 6.07) is 3.61. The Morgan fingerprint density at radius 2 is 2.15 bits per heavy atom. The van der Waals surface area contributed by atoms with Crippen molar-refractivity contribution in [1.82, 2.24) is 4.72 Å². The third kappa shape index (κ3) is 3.98. The molecule has 0 saturated heterocycles. The van der Waals surface area contributed by atoms with E-state index in [2.05, 4.69) is 11.0 Å². The van der Waals surface area contributed by atoms with Crippen LogP contribution in [0, 0.1) is 0 Å². The third-order valence-electron chi connectivity index (χ3n) is 3.60. The summed E-state index contributed by atoms with van der Waals surface area (Å²) < 4.78 is 28.2. The maximum atomic E-state index is 12.4. The molecule has 2 rings (SSSR count). The van der Waals surface area contributed by atoms with Gasteiger partial charge in [-0.3, -0.25) is 0 Å². The summed E-state index contributed by atoms with van der Waals surface area (Å²) >= 11 is 3.09.